The third kappa shape index (κ3) is 3.42. The minimum Gasteiger partial charge on any atom is -0.391 e. The fourth-order valence-corrected chi connectivity index (χ4v) is 7.54. The molecule has 0 amide bonds. The predicted molar refractivity (Wildman–Crippen MR) is 114 cm³/mol. The van der Waals surface area contributed by atoms with Gasteiger partial charge in [0.25, 0.3) is 0 Å². The molecule has 0 aromatic carbocycles. The molecular weight excluding hydrogens is 362 g/mol. The molecule has 4 saturated carbocycles. The Kier molecular flexibility index (Phi) is 4.68. The Morgan fingerprint density at radius 3 is 2.28 bits per heavy atom. The average molecular weight is 398 g/mol. The monoisotopic (exact) mass is 397 g/mol. The lowest BCUT2D eigenvalue weighted by Crippen LogP contribution is -2.60. The van der Waals surface area contributed by atoms with Crippen LogP contribution in [0.3, 0.4) is 0 Å². The Hall–Kier alpha value is -1.40. The molecule has 0 spiro atoms. The van der Waals surface area contributed by atoms with E-state index in [4.69, 9.17) is 4.98 Å². The van der Waals surface area contributed by atoms with Gasteiger partial charge in [-0.15, -0.1) is 0 Å². The Morgan fingerprint density at radius 1 is 0.862 bits per heavy atom. The largest absolute Gasteiger partial charge is 0.391 e. The molecule has 2 aliphatic heterocycles. The number of aliphatic hydroxyl groups excluding tert-OH is 1. The molecule has 6 nitrogen and oxygen atoms in total. The van der Waals surface area contributed by atoms with Crippen molar-refractivity contribution in [1.29, 1.82) is 0 Å². The molecule has 3 heterocycles. The summed E-state index contributed by atoms with van der Waals surface area (Å²) in [7, 11) is 0. The molecule has 6 heteroatoms. The third-order valence-corrected chi connectivity index (χ3v) is 8.54. The van der Waals surface area contributed by atoms with Crippen molar-refractivity contribution in [2.75, 3.05) is 49.1 Å². The van der Waals surface area contributed by atoms with Crippen molar-refractivity contribution >= 4 is 11.8 Å². The van der Waals surface area contributed by atoms with Gasteiger partial charge < -0.3 is 14.9 Å². The van der Waals surface area contributed by atoms with Gasteiger partial charge in [0.05, 0.1) is 6.10 Å². The summed E-state index contributed by atoms with van der Waals surface area (Å²) >= 11 is 0. The number of hydrogen-bond donors (Lipinski definition) is 1. The van der Waals surface area contributed by atoms with Crippen LogP contribution in [0.1, 0.15) is 44.9 Å². The fourth-order valence-electron chi connectivity index (χ4n) is 7.54. The van der Waals surface area contributed by atoms with Crippen molar-refractivity contribution in [1.82, 2.24) is 14.9 Å². The lowest BCUT2D eigenvalue weighted by Gasteiger charge is -2.58. The first-order chi connectivity index (χ1) is 14.2. The number of piperazine rings is 1. The fraction of sp³-hybridized carbons (Fsp3) is 0.826. The number of hydrogen-bond acceptors (Lipinski definition) is 6. The van der Waals surface area contributed by atoms with Gasteiger partial charge in [0.15, 0.2) is 0 Å². The van der Waals surface area contributed by atoms with Crippen LogP contribution in [0.4, 0.5) is 11.8 Å². The molecule has 1 N–H and O–H groups in total. The van der Waals surface area contributed by atoms with Crippen LogP contribution in [0.5, 0.6) is 0 Å². The van der Waals surface area contributed by atoms with Gasteiger partial charge in [0.1, 0.15) is 5.82 Å². The quantitative estimate of drug-likeness (QED) is 0.845. The highest BCUT2D eigenvalue weighted by Crippen LogP contribution is 2.55. The van der Waals surface area contributed by atoms with Gasteiger partial charge in [-0.05, 0) is 74.7 Å². The van der Waals surface area contributed by atoms with Crippen molar-refractivity contribution in [2.45, 2.75) is 57.1 Å². The zero-order valence-corrected chi connectivity index (χ0v) is 17.5. The number of β-amino-alcohol motifs (C(OH)–C–C–N with tert-alkyl or cyclic N) is 1. The summed E-state index contributed by atoms with van der Waals surface area (Å²) in [5.41, 5.74) is 0. The van der Waals surface area contributed by atoms with Crippen LogP contribution < -0.4 is 9.80 Å². The summed E-state index contributed by atoms with van der Waals surface area (Å²) in [6.45, 7) is 6.06. The zero-order chi connectivity index (χ0) is 19.4. The minimum atomic E-state index is -0.230. The first-order valence-electron chi connectivity index (χ1n) is 12.0. The van der Waals surface area contributed by atoms with Crippen LogP contribution in [0, 0.1) is 23.7 Å². The van der Waals surface area contributed by atoms with E-state index in [1.165, 1.54) is 32.1 Å². The van der Waals surface area contributed by atoms with Crippen molar-refractivity contribution in [3.05, 3.63) is 12.3 Å². The van der Waals surface area contributed by atoms with E-state index in [1.54, 1.807) is 0 Å². The second-order valence-electron chi connectivity index (χ2n) is 10.4. The molecule has 7 rings (SSSR count). The number of piperidine rings is 1. The Labute approximate surface area is 174 Å². The van der Waals surface area contributed by atoms with Crippen LogP contribution >= 0.6 is 0 Å². The number of nitrogens with zero attached hydrogens (tertiary/aromatic N) is 5. The van der Waals surface area contributed by atoms with E-state index >= 15 is 0 Å². The van der Waals surface area contributed by atoms with E-state index in [0.29, 0.717) is 6.54 Å². The van der Waals surface area contributed by atoms with E-state index in [-0.39, 0.29) is 6.10 Å². The van der Waals surface area contributed by atoms with E-state index in [9.17, 15) is 5.11 Å². The van der Waals surface area contributed by atoms with Gasteiger partial charge in [-0.25, -0.2) is 4.98 Å². The van der Waals surface area contributed by atoms with E-state index in [2.05, 4.69) is 19.7 Å². The highest BCUT2D eigenvalue weighted by molar-refractivity contribution is 5.44. The van der Waals surface area contributed by atoms with Crippen molar-refractivity contribution in [3.63, 3.8) is 0 Å². The molecule has 4 bridgehead atoms. The SMILES string of the molecule is OC1CCCN(c2ccnc(N3CCN(C4C5CC6CC(C5)CC4C6)CC3)n2)C1. The van der Waals surface area contributed by atoms with Crippen LogP contribution in [0.15, 0.2) is 12.3 Å². The third-order valence-electron chi connectivity index (χ3n) is 8.54. The molecule has 0 radical (unpaired) electrons. The Morgan fingerprint density at radius 2 is 1.59 bits per heavy atom. The summed E-state index contributed by atoms with van der Waals surface area (Å²) in [4.78, 5) is 16.9. The number of aromatic nitrogens is 2. The second kappa shape index (κ2) is 7.38. The summed E-state index contributed by atoms with van der Waals surface area (Å²) in [5.74, 6) is 5.90. The molecule has 4 aliphatic carbocycles. The lowest BCUT2D eigenvalue weighted by atomic mass is 9.54. The van der Waals surface area contributed by atoms with Gasteiger partial charge >= 0.3 is 0 Å². The van der Waals surface area contributed by atoms with Crippen molar-refractivity contribution in [3.8, 4) is 0 Å². The molecule has 6 aliphatic rings. The highest BCUT2D eigenvalue weighted by Gasteiger charge is 2.50. The first-order valence-corrected chi connectivity index (χ1v) is 12.0. The topological polar surface area (TPSA) is 55.7 Å². The highest BCUT2D eigenvalue weighted by atomic mass is 16.3. The zero-order valence-electron chi connectivity index (χ0n) is 17.5. The van der Waals surface area contributed by atoms with Crippen LogP contribution in [-0.4, -0.2) is 71.4 Å². The molecule has 1 aromatic rings. The van der Waals surface area contributed by atoms with E-state index in [0.717, 1.165) is 87.0 Å². The summed E-state index contributed by atoms with van der Waals surface area (Å²) < 4.78 is 0. The molecule has 29 heavy (non-hydrogen) atoms. The summed E-state index contributed by atoms with van der Waals surface area (Å²) in [6.07, 6.45) is 11.2. The smallest absolute Gasteiger partial charge is 0.227 e. The maximum atomic E-state index is 10.00. The van der Waals surface area contributed by atoms with Gasteiger partial charge in [-0.2, -0.15) is 4.98 Å². The van der Waals surface area contributed by atoms with Gasteiger partial charge in [0.2, 0.25) is 5.95 Å². The minimum absolute atomic E-state index is 0.230. The van der Waals surface area contributed by atoms with Gasteiger partial charge in [0, 0.05) is 51.5 Å². The molecule has 1 aromatic heterocycles. The van der Waals surface area contributed by atoms with Crippen molar-refractivity contribution < 1.29 is 5.11 Å². The van der Waals surface area contributed by atoms with E-state index < -0.39 is 0 Å². The summed E-state index contributed by atoms with van der Waals surface area (Å²) in [5, 5.41) is 10.00. The maximum absolute atomic E-state index is 10.00. The molecule has 158 valence electrons. The Bertz CT molecular complexity index is 706. The second-order valence-corrected chi connectivity index (χ2v) is 10.4. The molecule has 2 saturated heterocycles. The molecule has 1 atom stereocenters. The number of aliphatic hydroxyl groups is 1. The van der Waals surface area contributed by atoms with Gasteiger partial charge in [-0.3, -0.25) is 4.90 Å². The molecule has 6 fully saturated rings. The number of rotatable bonds is 3. The lowest BCUT2D eigenvalue weighted by molar-refractivity contribution is -0.0665. The predicted octanol–water partition coefficient (Wildman–Crippen LogP) is 2.38. The standard InChI is InChI=1S/C23H35N5O/c29-20-2-1-5-28(15-20)21-3-4-24-23(25-21)27-8-6-26(7-9-27)22-18-11-16-10-17(13-18)14-19(22)12-16/h3-4,16-20,22,29H,1-2,5-15H2. The summed E-state index contributed by atoms with van der Waals surface area (Å²) in [6, 6.07) is 2.85. The number of anilines is 2. The average Bonchev–Trinajstić information content (AvgIpc) is 2.74. The van der Waals surface area contributed by atoms with Crippen LogP contribution in [-0.2, 0) is 0 Å². The molecular formula is C23H35N5O. The van der Waals surface area contributed by atoms with Gasteiger partial charge in [-0.1, -0.05) is 0 Å². The Balaban J connectivity index is 1.11. The van der Waals surface area contributed by atoms with Crippen molar-refractivity contribution in [2.24, 2.45) is 23.7 Å². The van der Waals surface area contributed by atoms with Crippen LogP contribution in [0.2, 0.25) is 0 Å². The van der Waals surface area contributed by atoms with E-state index in [1.807, 2.05) is 12.3 Å². The molecule has 1 unspecified atom stereocenters. The van der Waals surface area contributed by atoms with Crippen LogP contribution in [0.25, 0.3) is 0 Å². The normalized spacial score (nSPS) is 39.9. The first kappa shape index (κ1) is 18.4. The maximum Gasteiger partial charge on any atom is 0.227 e.